The highest BCUT2D eigenvalue weighted by Crippen LogP contribution is 2.25. The van der Waals surface area contributed by atoms with Gasteiger partial charge in [0.1, 0.15) is 5.75 Å². The van der Waals surface area contributed by atoms with Gasteiger partial charge in [0.25, 0.3) is 0 Å². The van der Waals surface area contributed by atoms with Gasteiger partial charge in [0.15, 0.2) is 0 Å². The standard InChI is InChI=1S/C15H18N2O2S/c1-10-8-12(4-5-14(10)19-3)16-9-15-13(6-7-20-15)17-11(2)18/h4-8,16H,9H2,1-3H3,(H,17,18). The van der Waals surface area contributed by atoms with E-state index in [-0.39, 0.29) is 5.91 Å². The number of carbonyl (C=O) groups excluding carboxylic acids is 1. The lowest BCUT2D eigenvalue weighted by Crippen LogP contribution is -2.08. The van der Waals surface area contributed by atoms with Crippen LogP contribution in [0.1, 0.15) is 17.4 Å². The summed E-state index contributed by atoms with van der Waals surface area (Å²) in [6.07, 6.45) is 0. The number of anilines is 2. The lowest BCUT2D eigenvalue weighted by Gasteiger charge is -2.10. The maximum Gasteiger partial charge on any atom is 0.221 e. The molecule has 2 aromatic rings. The smallest absolute Gasteiger partial charge is 0.221 e. The second kappa shape index (κ2) is 6.43. The van der Waals surface area contributed by atoms with Crippen LogP contribution in [0, 0.1) is 6.92 Å². The highest BCUT2D eigenvalue weighted by Gasteiger charge is 2.06. The molecule has 5 heteroatoms. The molecule has 2 N–H and O–H groups in total. The van der Waals surface area contributed by atoms with Crippen LogP contribution in [0.25, 0.3) is 0 Å². The molecule has 2 rings (SSSR count). The zero-order valence-electron chi connectivity index (χ0n) is 11.8. The van der Waals surface area contributed by atoms with Crippen molar-refractivity contribution in [2.75, 3.05) is 17.7 Å². The van der Waals surface area contributed by atoms with Crippen LogP contribution in [-0.2, 0) is 11.3 Å². The molecular weight excluding hydrogens is 272 g/mol. The molecule has 1 aromatic carbocycles. The van der Waals surface area contributed by atoms with Crippen LogP contribution in [0.15, 0.2) is 29.6 Å². The molecule has 0 aliphatic rings. The van der Waals surface area contributed by atoms with Crippen LogP contribution >= 0.6 is 11.3 Å². The third kappa shape index (κ3) is 3.51. The molecule has 0 atom stereocenters. The van der Waals surface area contributed by atoms with Crippen molar-refractivity contribution >= 4 is 28.6 Å². The number of nitrogens with one attached hydrogen (secondary N) is 2. The van der Waals surface area contributed by atoms with E-state index >= 15 is 0 Å². The van der Waals surface area contributed by atoms with Gasteiger partial charge in [-0.15, -0.1) is 11.3 Å². The quantitative estimate of drug-likeness (QED) is 0.884. The highest BCUT2D eigenvalue weighted by atomic mass is 32.1. The predicted molar refractivity (Wildman–Crippen MR) is 83.7 cm³/mol. The molecule has 106 valence electrons. The Balaban J connectivity index is 2.03. The molecule has 4 nitrogen and oxygen atoms in total. The first kappa shape index (κ1) is 14.4. The molecule has 0 aliphatic heterocycles. The highest BCUT2D eigenvalue weighted by molar-refractivity contribution is 7.10. The fourth-order valence-electron chi connectivity index (χ4n) is 1.95. The van der Waals surface area contributed by atoms with Crippen LogP contribution < -0.4 is 15.4 Å². The lowest BCUT2D eigenvalue weighted by atomic mass is 10.2. The Kier molecular flexibility index (Phi) is 4.63. The zero-order chi connectivity index (χ0) is 14.5. The van der Waals surface area contributed by atoms with Crippen molar-refractivity contribution in [1.29, 1.82) is 0 Å². The molecule has 0 bridgehead atoms. The van der Waals surface area contributed by atoms with Gasteiger partial charge in [-0.25, -0.2) is 0 Å². The normalized spacial score (nSPS) is 10.2. The number of amides is 1. The topological polar surface area (TPSA) is 50.4 Å². The van der Waals surface area contributed by atoms with Gasteiger partial charge in [-0.3, -0.25) is 4.79 Å². The van der Waals surface area contributed by atoms with Crippen molar-refractivity contribution < 1.29 is 9.53 Å². The number of carbonyl (C=O) groups is 1. The molecule has 1 aromatic heterocycles. The van der Waals surface area contributed by atoms with E-state index in [9.17, 15) is 4.79 Å². The first-order chi connectivity index (χ1) is 9.60. The van der Waals surface area contributed by atoms with E-state index in [1.165, 1.54) is 6.92 Å². The minimum Gasteiger partial charge on any atom is -0.496 e. The maximum absolute atomic E-state index is 11.1. The van der Waals surface area contributed by atoms with Gasteiger partial charge in [0.05, 0.1) is 19.3 Å². The molecule has 0 spiro atoms. The summed E-state index contributed by atoms with van der Waals surface area (Å²) in [4.78, 5) is 12.2. The first-order valence-electron chi connectivity index (χ1n) is 6.32. The zero-order valence-corrected chi connectivity index (χ0v) is 12.6. The van der Waals surface area contributed by atoms with Crippen molar-refractivity contribution in [2.24, 2.45) is 0 Å². The SMILES string of the molecule is COc1ccc(NCc2sccc2NC(C)=O)cc1C. The summed E-state index contributed by atoms with van der Waals surface area (Å²) in [7, 11) is 1.67. The molecular formula is C15H18N2O2S. The van der Waals surface area contributed by atoms with E-state index in [1.54, 1.807) is 18.4 Å². The fourth-order valence-corrected chi connectivity index (χ4v) is 2.72. The van der Waals surface area contributed by atoms with Crippen LogP contribution in [0.2, 0.25) is 0 Å². The van der Waals surface area contributed by atoms with Gasteiger partial charge < -0.3 is 15.4 Å². The second-order valence-corrected chi connectivity index (χ2v) is 5.48. The summed E-state index contributed by atoms with van der Waals surface area (Å²) in [6.45, 7) is 4.21. The molecule has 1 amide bonds. The van der Waals surface area contributed by atoms with E-state index in [4.69, 9.17) is 4.74 Å². The van der Waals surface area contributed by atoms with Crippen LogP contribution in [0.3, 0.4) is 0 Å². The van der Waals surface area contributed by atoms with E-state index in [2.05, 4.69) is 10.6 Å². The molecule has 20 heavy (non-hydrogen) atoms. The second-order valence-electron chi connectivity index (χ2n) is 4.48. The predicted octanol–water partition coefficient (Wildman–Crippen LogP) is 3.64. The van der Waals surface area contributed by atoms with Crippen molar-refractivity contribution in [3.8, 4) is 5.75 Å². The third-order valence-corrected chi connectivity index (χ3v) is 3.82. The Morgan fingerprint density at radius 3 is 2.80 bits per heavy atom. The molecule has 0 saturated carbocycles. The minimum atomic E-state index is -0.0510. The fraction of sp³-hybridized carbons (Fsp3) is 0.267. The Hall–Kier alpha value is -2.01. The van der Waals surface area contributed by atoms with Crippen LogP contribution in [0.4, 0.5) is 11.4 Å². The summed E-state index contributed by atoms with van der Waals surface area (Å²) in [5.41, 5.74) is 3.00. The van der Waals surface area contributed by atoms with Gasteiger partial charge in [-0.1, -0.05) is 0 Å². The summed E-state index contributed by atoms with van der Waals surface area (Å²) >= 11 is 1.62. The number of hydrogen-bond acceptors (Lipinski definition) is 4. The maximum atomic E-state index is 11.1. The van der Waals surface area contributed by atoms with E-state index < -0.39 is 0 Å². The van der Waals surface area contributed by atoms with E-state index in [0.717, 1.165) is 27.6 Å². The van der Waals surface area contributed by atoms with Gasteiger partial charge in [0, 0.05) is 17.5 Å². The number of methoxy groups -OCH3 is 1. The van der Waals surface area contributed by atoms with Gasteiger partial charge in [0.2, 0.25) is 5.91 Å². The van der Waals surface area contributed by atoms with E-state index in [0.29, 0.717) is 6.54 Å². The Labute approximate surface area is 122 Å². The summed E-state index contributed by atoms with van der Waals surface area (Å²) in [6, 6.07) is 7.89. The Bertz CT molecular complexity index is 608. The Morgan fingerprint density at radius 1 is 1.35 bits per heavy atom. The summed E-state index contributed by atoms with van der Waals surface area (Å²) in [5.74, 6) is 0.829. The number of ether oxygens (including phenoxy) is 1. The molecule has 0 fully saturated rings. The average molecular weight is 290 g/mol. The summed E-state index contributed by atoms with van der Waals surface area (Å²) < 4.78 is 5.24. The van der Waals surface area contributed by atoms with Crippen LogP contribution in [0.5, 0.6) is 5.75 Å². The van der Waals surface area contributed by atoms with Gasteiger partial charge in [-0.05, 0) is 42.1 Å². The monoisotopic (exact) mass is 290 g/mol. The molecule has 1 heterocycles. The van der Waals surface area contributed by atoms with Gasteiger partial charge >= 0.3 is 0 Å². The average Bonchev–Trinajstić information content (AvgIpc) is 2.83. The van der Waals surface area contributed by atoms with Crippen LogP contribution in [-0.4, -0.2) is 13.0 Å². The summed E-state index contributed by atoms with van der Waals surface area (Å²) in [5, 5.41) is 8.16. The first-order valence-corrected chi connectivity index (χ1v) is 7.20. The largest absolute Gasteiger partial charge is 0.496 e. The van der Waals surface area contributed by atoms with Gasteiger partial charge in [-0.2, -0.15) is 0 Å². The number of benzene rings is 1. The molecule has 0 saturated heterocycles. The number of thiophene rings is 1. The van der Waals surface area contributed by atoms with Crippen molar-refractivity contribution in [3.63, 3.8) is 0 Å². The lowest BCUT2D eigenvalue weighted by molar-refractivity contribution is -0.114. The minimum absolute atomic E-state index is 0.0510. The number of rotatable bonds is 5. The number of aryl methyl sites for hydroxylation is 1. The van der Waals surface area contributed by atoms with E-state index in [1.807, 2.05) is 36.6 Å². The number of hydrogen-bond donors (Lipinski definition) is 2. The van der Waals surface area contributed by atoms with Crippen molar-refractivity contribution in [1.82, 2.24) is 0 Å². The molecule has 0 unspecified atom stereocenters. The van der Waals surface area contributed by atoms with Crippen molar-refractivity contribution in [2.45, 2.75) is 20.4 Å². The molecule has 0 aliphatic carbocycles. The third-order valence-electron chi connectivity index (χ3n) is 2.90. The van der Waals surface area contributed by atoms with Crippen molar-refractivity contribution in [3.05, 3.63) is 40.1 Å². The Morgan fingerprint density at radius 2 is 2.15 bits per heavy atom. The molecule has 0 radical (unpaired) electrons.